The predicted octanol–water partition coefficient (Wildman–Crippen LogP) is 2.52. The monoisotopic (exact) mass is 458 g/mol. The predicted molar refractivity (Wildman–Crippen MR) is 123 cm³/mol. The Hall–Kier alpha value is -3.34. The average Bonchev–Trinajstić information content (AvgIpc) is 3.25. The Morgan fingerprint density at radius 3 is 2.45 bits per heavy atom. The first-order valence-electron chi connectivity index (χ1n) is 11.2. The number of nitro benzene ring substituents is 1. The van der Waals surface area contributed by atoms with Crippen LogP contribution in [0.2, 0.25) is 0 Å². The van der Waals surface area contributed by atoms with Gasteiger partial charge in [0.15, 0.2) is 5.75 Å². The highest BCUT2D eigenvalue weighted by atomic mass is 16.6. The number of rotatable bonds is 6. The summed E-state index contributed by atoms with van der Waals surface area (Å²) in [6.45, 7) is 5.33. The molecule has 2 aliphatic rings. The van der Waals surface area contributed by atoms with Crippen molar-refractivity contribution < 1.29 is 19.6 Å². The van der Waals surface area contributed by atoms with Crippen LogP contribution in [-0.4, -0.2) is 88.6 Å². The third-order valence-corrected chi connectivity index (χ3v) is 6.62. The molecule has 2 aliphatic heterocycles. The van der Waals surface area contributed by atoms with Gasteiger partial charge in [-0.2, -0.15) is 5.10 Å². The maximum Gasteiger partial charge on any atom is 0.407 e. The summed E-state index contributed by atoms with van der Waals surface area (Å²) in [5, 5.41) is 25.0. The highest BCUT2D eigenvalue weighted by Gasteiger charge is 2.28. The van der Waals surface area contributed by atoms with E-state index in [1.165, 1.54) is 12.0 Å². The van der Waals surface area contributed by atoms with Gasteiger partial charge in [0, 0.05) is 88.0 Å². The van der Waals surface area contributed by atoms with Crippen molar-refractivity contribution >= 4 is 17.5 Å². The first-order valence-corrected chi connectivity index (χ1v) is 11.2. The molecule has 2 aromatic rings. The van der Waals surface area contributed by atoms with Gasteiger partial charge in [-0.15, -0.1) is 0 Å². The fraction of sp³-hybridized carbons (Fsp3) is 0.545. The SMILES string of the molecule is COc1cc(N2CCC(CN3CCN(C(=O)O)CC3)CC2)c(-c2cnn(C)c2)cc1[N+](=O)[O-]. The third-order valence-electron chi connectivity index (χ3n) is 6.62. The van der Waals surface area contributed by atoms with E-state index in [1.807, 2.05) is 13.2 Å². The summed E-state index contributed by atoms with van der Waals surface area (Å²) in [6.07, 6.45) is 4.75. The molecule has 0 atom stereocenters. The number of piperidine rings is 1. The van der Waals surface area contributed by atoms with Gasteiger partial charge in [0.25, 0.3) is 0 Å². The van der Waals surface area contributed by atoms with E-state index in [-0.39, 0.29) is 11.4 Å². The molecular weight excluding hydrogens is 428 g/mol. The number of anilines is 1. The van der Waals surface area contributed by atoms with Gasteiger partial charge in [0.1, 0.15) is 0 Å². The Morgan fingerprint density at radius 2 is 1.91 bits per heavy atom. The fourth-order valence-corrected chi connectivity index (χ4v) is 4.76. The number of carbonyl (C=O) groups is 1. The van der Waals surface area contributed by atoms with E-state index >= 15 is 0 Å². The maximum atomic E-state index is 11.6. The number of hydrogen-bond acceptors (Lipinski definition) is 7. The standard InChI is InChI=1S/C22H30N6O5/c1-24-15-17(13-23-24)18-11-20(28(31)32)21(33-2)12-19(18)26-5-3-16(4-6-26)14-25-7-9-27(10-8-25)22(29)30/h11-13,15-16H,3-10,14H2,1-2H3,(H,29,30). The molecule has 0 radical (unpaired) electrons. The number of benzene rings is 1. The molecule has 33 heavy (non-hydrogen) atoms. The number of piperazine rings is 1. The second-order valence-corrected chi connectivity index (χ2v) is 8.70. The smallest absolute Gasteiger partial charge is 0.407 e. The van der Waals surface area contributed by atoms with E-state index in [4.69, 9.17) is 9.84 Å². The number of aryl methyl sites for hydroxylation is 1. The quantitative estimate of drug-likeness (QED) is 0.518. The highest BCUT2D eigenvalue weighted by Crippen LogP contribution is 2.41. The van der Waals surface area contributed by atoms with E-state index in [2.05, 4.69) is 14.9 Å². The lowest BCUT2D eigenvalue weighted by Gasteiger charge is -2.39. The Morgan fingerprint density at radius 1 is 1.21 bits per heavy atom. The van der Waals surface area contributed by atoms with Crippen molar-refractivity contribution in [3.63, 3.8) is 0 Å². The van der Waals surface area contributed by atoms with Crippen LogP contribution in [0.4, 0.5) is 16.2 Å². The Labute approximate surface area is 192 Å². The molecule has 178 valence electrons. The van der Waals surface area contributed by atoms with Gasteiger partial charge >= 0.3 is 11.8 Å². The molecule has 0 saturated carbocycles. The van der Waals surface area contributed by atoms with Crippen molar-refractivity contribution in [1.82, 2.24) is 19.6 Å². The van der Waals surface area contributed by atoms with Crippen LogP contribution in [-0.2, 0) is 7.05 Å². The van der Waals surface area contributed by atoms with Crippen LogP contribution in [0.3, 0.4) is 0 Å². The fourth-order valence-electron chi connectivity index (χ4n) is 4.76. The molecule has 1 aromatic heterocycles. The molecule has 1 N–H and O–H groups in total. The zero-order valence-electron chi connectivity index (χ0n) is 19.0. The normalized spacial score (nSPS) is 17.9. The molecule has 11 heteroatoms. The van der Waals surface area contributed by atoms with Crippen molar-refractivity contribution in [2.24, 2.45) is 13.0 Å². The van der Waals surface area contributed by atoms with Crippen molar-refractivity contribution in [3.8, 4) is 16.9 Å². The van der Waals surface area contributed by atoms with Gasteiger partial charge in [-0.1, -0.05) is 0 Å². The van der Waals surface area contributed by atoms with E-state index in [0.717, 1.165) is 62.4 Å². The van der Waals surface area contributed by atoms with E-state index in [0.29, 0.717) is 19.0 Å². The molecule has 4 rings (SSSR count). The topological polar surface area (TPSA) is 117 Å². The molecule has 2 saturated heterocycles. The highest BCUT2D eigenvalue weighted by molar-refractivity contribution is 5.82. The van der Waals surface area contributed by atoms with Crippen molar-refractivity contribution in [2.45, 2.75) is 12.8 Å². The zero-order valence-corrected chi connectivity index (χ0v) is 19.0. The summed E-state index contributed by atoms with van der Waals surface area (Å²) in [5.41, 5.74) is 2.46. The number of ether oxygens (including phenoxy) is 1. The first-order chi connectivity index (χ1) is 15.9. The molecule has 11 nitrogen and oxygen atoms in total. The number of aromatic nitrogens is 2. The average molecular weight is 459 g/mol. The minimum absolute atomic E-state index is 0.0597. The van der Waals surface area contributed by atoms with Gasteiger partial charge in [-0.25, -0.2) is 4.79 Å². The number of nitro groups is 1. The zero-order chi connectivity index (χ0) is 23.5. The molecule has 0 spiro atoms. The minimum Gasteiger partial charge on any atom is -0.490 e. The summed E-state index contributed by atoms with van der Waals surface area (Å²) in [6, 6.07) is 3.35. The van der Waals surface area contributed by atoms with Gasteiger partial charge in [-0.3, -0.25) is 19.7 Å². The van der Waals surface area contributed by atoms with Crippen molar-refractivity contribution in [2.75, 3.05) is 57.8 Å². The minimum atomic E-state index is -0.842. The number of nitrogens with zero attached hydrogens (tertiary/aromatic N) is 6. The van der Waals surface area contributed by atoms with E-state index < -0.39 is 11.0 Å². The summed E-state index contributed by atoms with van der Waals surface area (Å²) in [5.74, 6) is 0.792. The Bertz CT molecular complexity index is 1010. The van der Waals surface area contributed by atoms with Crippen LogP contribution in [0.25, 0.3) is 11.1 Å². The Kier molecular flexibility index (Phi) is 6.68. The van der Waals surface area contributed by atoms with Gasteiger partial charge < -0.3 is 19.6 Å². The van der Waals surface area contributed by atoms with Crippen LogP contribution >= 0.6 is 0 Å². The number of carboxylic acid groups (broad SMARTS) is 1. The molecule has 0 unspecified atom stereocenters. The largest absolute Gasteiger partial charge is 0.490 e. The second-order valence-electron chi connectivity index (χ2n) is 8.70. The van der Waals surface area contributed by atoms with Crippen molar-refractivity contribution in [1.29, 1.82) is 0 Å². The summed E-state index contributed by atoms with van der Waals surface area (Å²) in [4.78, 5) is 28.4. The molecule has 2 fully saturated rings. The molecular formula is C22H30N6O5. The molecule has 0 aliphatic carbocycles. The second kappa shape index (κ2) is 9.65. The van der Waals surface area contributed by atoms with Gasteiger partial charge in [0.2, 0.25) is 0 Å². The van der Waals surface area contributed by atoms with Crippen LogP contribution < -0.4 is 9.64 Å². The van der Waals surface area contributed by atoms with Crippen LogP contribution in [0, 0.1) is 16.0 Å². The Balaban J connectivity index is 1.47. The van der Waals surface area contributed by atoms with Crippen molar-refractivity contribution in [3.05, 3.63) is 34.6 Å². The molecule has 1 amide bonds. The van der Waals surface area contributed by atoms with Gasteiger partial charge in [0.05, 0.1) is 18.2 Å². The molecule has 3 heterocycles. The first kappa shape index (κ1) is 22.8. The van der Waals surface area contributed by atoms with E-state index in [9.17, 15) is 14.9 Å². The van der Waals surface area contributed by atoms with E-state index in [1.54, 1.807) is 23.0 Å². The van der Waals surface area contributed by atoms with Crippen LogP contribution in [0.5, 0.6) is 5.75 Å². The number of methoxy groups -OCH3 is 1. The lowest BCUT2D eigenvalue weighted by molar-refractivity contribution is -0.385. The van der Waals surface area contributed by atoms with Gasteiger partial charge in [-0.05, 0) is 18.8 Å². The maximum absolute atomic E-state index is 11.6. The summed E-state index contributed by atoms with van der Waals surface area (Å²) >= 11 is 0. The number of hydrogen-bond donors (Lipinski definition) is 1. The lowest BCUT2D eigenvalue weighted by atomic mass is 9.94. The molecule has 0 bridgehead atoms. The summed E-state index contributed by atoms with van der Waals surface area (Å²) < 4.78 is 7.03. The summed E-state index contributed by atoms with van der Waals surface area (Å²) in [7, 11) is 3.27. The third kappa shape index (κ3) is 5.03. The number of amides is 1. The molecule has 1 aromatic carbocycles. The van der Waals surface area contributed by atoms with Crippen LogP contribution in [0.1, 0.15) is 12.8 Å². The lowest BCUT2D eigenvalue weighted by Crippen LogP contribution is -2.50. The van der Waals surface area contributed by atoms with Crippen LogP contribution in [0.15, 0.2) is 24.5 Å².